The molecule has 3 heterocycles. The van der Waals surface area contributed by atoms with Gasteiger partial charge in [-0.25, -0.2) is 0 Å². The van der Waals surface area contributed by atoms with Crippen molar-refractivity contribution in [3.8, 4) is 39.9 Å². The van der Waals surface area contributed by atoms with Crippen molar-refractivity contribution < 1.29 is 39.4 Å². The average molecular weight is 774 g/mol. The SMILES string of the molecule is CNCO[C@]1(CNC)Cc2c3c(c4c(c2O[C@@H]1c1cc(CCCO)c(O)c(OC)c1)CC[C@@H](CO)O4)-c1ccc(O)c2c1[C@@H](C3)[C@@H](c1ccc3c(c1)=CCN=3)C=C2. The first-order valence-corrected chi connectivity index (χ1v) is 20.1. The van der Waals surface area contributed by atoms with Crippen LogP contribution in [0.2, 0.25) is 0 Å². The molecule has 4 aromatic carbocycles. The van der Waals surface area contributed by atoms with Crippen molar-refractivity contribution in [3.63, 3.8) is 0 Å². The standard InChI is InChI=1S/C46H51N3O8/c1-47-23-46(55-24-48-2)21-36-35-20-34-30(25-6-12-37-26(17-25)14-15-49-37)9-10-31-38(52)13-11-32(40(31)34)41(35)44-33(8-7-29(22-51)56-44)43(36)57-45(46)28-18-27(5-4-16-50)42(53)39(19-28)54-3/h6,9-14,17-19,29-30,34,45,47-48,50-53H,4-5,7-8,15-16,20-24H2,1-3H3/t29-,30+,34-,45+,46-/m0/s1. The second kappa shape index (κ2) is 15.1. The number of aryl methyl sites for hydroxylation is 1. The number of hydrogen-bond donors (Lipinski definition) is 6. The molecule has 11 heteroatoms. The van der Waals surface area contributed by atoms with Crippen LogP contribution in [-0.2, 0) is 30.4 Å². The van der Waals surface area contributed by atoms with Gasteiger partial charge in [0.15, 0.2) is 17.6 Å². The summed E-state index contributed by atoms with van der Waals surface area (Å²) < 4.78 is 26.8. The van der Waals surface area contributed by atoms with E-state index < -0.39 is 11.7 Å². The van der Waals surface area contributed by atoms with Crippen molar-refractivity contribution in [1.29, 1.82) is 0 Å². The van der Waals surface area contributed by atoms with Crippen LogP contribution in [0, 0.1) is 0 Å². The van der Waals surface area contributed by atoms with Gasteiger partial charge in [0, 0.05) is 47.7 Å². The molecular formula is C46H51N3O8. The summed E-state index contributed by atoms with van der Waals surface area (Å²) in [6.45, 7) is 1.28. The molecule has 5 atom stereocenters. The van der Waals surface area contributed by atoms with Gasteiger partial charge in [-0.15, -0.1) is 0 Å². The molecular weight excluding hydrogens is 723 g/mol. The van der Waals surface area contributed by atoms with Crippen LogP contribution in [0.1, 0.15) is 75.3 Å². The van der Waals surface area contributed by atoms with Gasteiger partial charge in [-0.05, 0) is 121 Å². The number of aromatic hydroxyl groups is 2. The molecule has 0 bridgehead atoms. The van der Waals surface area contributed by atoms with Crippen LogP contribution in [0.25, 0.3) is 23.3 Å². The minimum absolute atomic E-state index is 0.000430. The maximum absolute atomic E-state index is 11.3. The first kappa shape index (κ1) is 37.7. The van der Waals surface area contributed by atoms with E-state index in [1.165, 1.54) is 12.7 Å². The number of rotatable bonds is 12. The van der Waals surface area contributed by atoms with Gasteiger partial charge in [0.1, 0.15) is 29.0 Å². The lowest BCUT2D eigenvalue weighted by molar-refractivity contribution is -0.128. The number of phenolic OH excluding ortho intramolecular Hbond substituents is 2. The molecule has 3 aliphatic heterocycles. The highest BCUT2D eigenvalue weighted by molar-refractivity contribution is 5.89. The van der Waals surface area contributed by atoms with Gasteiger partial charge in [0.2, 0.25) is 0 Å². The van der Waals surface area contributed by atoms with Gasteiger partial charge >= 0.3 is 0 Å². The second-order valence-corrected chi connectivity index (χ2v) is 15.9. The van der Waals surface area contributed by atoms with Crippen molar-refractivity contribution in [1.82, 2.24) is 10.6 Å². The highest BCUT2D eigenvalue weighted by atomic mass is 16.6. The first-order valence-electron chi connectivity index (χ1n) is 20.1. The molecule has 4 aromatic rings. The molecule has 0 aromatic heterocycles. The number of allylic oxidation sites excluding steroid dienone is 1. The zero-order valence-electron chi connectivity index (χ0n) is 32.7. The molecule has 5 aliphatic rings. The number of nitrogens with zero attached hydrogens (tertiary/aromatic N) is 1. The third-order valence-electron chi connectivity index (χ3n) is 12.6. The maximum Gasteiger partial charge on any atom is 0.161 e. The maximum atomic E-state index is 11.3. The lowest BCUT2D eigenvalue weighted by Gasteiger charge is -2.48. The number of benzene rings is 4. The van der Waals surface area contributed by atoms with Crippen LogP contribution in [-0.4, -0.2) is 86.4 Å². The van der Waals surface area contributed by atoms with Crippen LogP contribution in [0.3, 0.4) is 0 Å². The summed E-state index contributed by atoms with van der Waals surface area (Å²) in [7, 11) is 5.31. The molecule has 0 amide bonds. The van der Waals surface area contributed by atoms with Gasteiger partial charge in [-0.1, -0.05) is 30.4 Å². The van der Waals surface area contributed by atoms with Crippen LogP contribution in [0.5, 0.6) is 28.7 Å². The van der Waals surface area contributed by atoms with Crippen molar-refractivity contribution in [2.75, 3.05) is 54.2 Å². The molecule has 9 rings (SSSR count). The highest BCUT2D eigenvalue weighted by Crippen LogP contribution is 2.60. The number of fused-ring (bicyclic) bond motifs is 8. The van der Waals surface area contributed by atoms with Crippen LogP contribution < -0.4 is 35.4 Å². The number of aliphatic hydroxyl groups is 2. The summed E-state index contributed by atoms with van der Waals surface area (Å²) in [5, 5.41) is 51.4. The lowest BCUT2D eigenvalue weighted by atomic mass is 9.64. The third kappa shape index (κ3) is 6.18. The zero-order chi connectivity index (χ0) is 39.4. The molecule has 0 saturated heterocycles. The fourth-order valence-corrected chi connectivity index (χ4v) is 10.1. The van der Waals surface area contributed by atoms with Crippen LogP contribution in [0.4, 0.5) is 0 Å². The van der Waals surface area contributed by atoms with E-state index >= 15 is 0 Å². The minimum Gasteiger partial charge on any atom is -0.507 e. The number of phenols is 2. The Morgan fingerprint density at radius 1 is 0.965 bits per heavy atom. The number of nitrogens with one attached hydrogen (secondary N) is 2. The molecule has 0 unspecified atom stereocenters. The Morgan fingerprint density at radius 2 is 1.84 bits per heavy atom. The molecule has 0 saturated carbocycles. The van der Waals surface area contributed by atoms with Crippen LogP contribution >= 0.6 is 0 Å². The lowest BCUT2D eigenvalue weighted by Crippen LogP contribution is -2.54. The monoisotopic (exact) mass is 773 g/mol. The Balaban J connectivity index is 1.28. The van der Waals surface area contributed by atoms with Crippen molar-refractivity contribution in [2.45, 2.75) is 68.2 Å². The Kier molecular flexibility index (Phi) is 9.99. The van der Waals surface area contributed by atoms with Crippen molar-refractivity contribution in [2.24, 2.45) is 4.99 Å². The summed E-state index contributed by atoms with van der Waals surface area (Å²) in [5.74, 6) is 2.16. The fourth-order valence-electron chi connectivity index (χ4n) is 10.1. The number of methoxy groups -OCH3 is 1. The summed E-state index contributed by atoms with van der Waals surface area (Å²) in [5.41, 5.74) is 8.84. The molecule has 6 N–H and O–H groups in total. The number of ether oxygens (including phenoxy) is 4. The van der Waals surface area contributed by atoms with Gasteiger partial charge in [0.05, 0.1) is 32.3 Å². The van der Waals surface area contributed by atoms with Gasteiger partial charge < -0.3 is 44.7 Å². The Labute approximate surface area is 332 Å². The summed E-state index contributed by atoms with van der Waals surface area (Å²) >= 11 is 0. The Morgan fingerprint density at radius 3 is 2.63 bits per heavy atom. The molecule has 0 spiro atoms. The smallest absolute Gasteiger partial charge is 0.161 e. The topological polar surface area (TPSA) is 154 Å². The Hall–Kier alpha value is -4.91. The average Bonchev–Trinajstić information content (AvgIpc) is 3.71. The van der Waals surface area contributed by atoms with Gasteiger partial charge in [-0.2, -0.15) is 0 Å². The molecule has 298 valence electrons. The highest BCUT2D eigenvalue weighted by Gasteiger charge is 2.51. The Bertz CT molecular complexity index is 2390. The number of hydrogen-bond acceptors (Lipinski definition) is 11. The van der Waals surface area contributed by atoms with E-state index in [0.29, 0.717) is 62.9 Å². The molecule has 0 radical (unpaired) electrons. The zero-order valence-corrected chi connectivity index (χ0v) is 32.7. The summed E-state index contributed by atoms with van der Waals surface area (Å²) in [6.07, 6.45) is 8.84. The van der Waals surface area contributed by atoms with Crippen molar-refractivity contribution >= 4 is 12.2 Å². The minimum atomic E-state index is -0.919. The van der Waals surface area contributed by atoms with E-state index in [1.54, 1.807) is 6.07 Å². The van der Waals surface area contributed by atoms with Gasteiger partial charge in [0.25, 0.3) is 0 Å². The second-order valence-electron chi connectivity index (χ2n) is 15.9. The predicted molar refractivity (Wildman–Crippen MR) is 217 cm³/mol. The van der Waals surface area contributed by atoms with Crippen molar-refractivity contribution in [3.05, 3.63) is 104 Å². The number of aliphatic hydroxyl groups excluding tert-OH is 2. The quantitative estimate of drug-likeness (QED) is 0.116. The van der Waals surface area contributed by atoms with E-state index in [0.717, 1.165) is 66.6 Å². The van der Waals surface area contributed by atoms with E-state index in [-0.39, 0.29) is 49.4 Å². The summed E-state index contributed by atoms with van der Waals surface area (Å²) in [4.78, 5) is 4.64. The first-order chi connectivity index (χ1) is 27.8. The third-order valence-corrected chi connectivity index (χ3v) is 12.6. The molecule has 2 aliphatic carbocycles. The van der Waals surface area contributed by atoms with E-state index in [4.69, 9.17) is 18.9 Å². The number of likely N-dealkylation sites (N-methyl/N-ethyl adjacent to an activating group) is 1. The summed E-state index contributed by atoms with van der Waals surface area (Å²) in [6, 6.07) is 14.2. The van der Waals surface area contributed by atoms with E-state index in [2.05, 4.69) is 52.1 Å². The van der Waals surface area contributed by atoms with Crippen LogP contribution in [0.15, 0.2) is 53.5 Å². The normalized spacial score (nSPS) is 23.5. The molecule has 57 heavy (non-hydrogen) atoms. The predicted octanol–water partition coefficient (Wildman–Crippen LogP) is 4.08. The largest absolute Gasteiger partial charge is 0.507 e. The van der Waals surface area contributed by atoms with E-state index in [9.17, 15) is 20.4 Å². The van der Waals surface area contributed by atoms with Gasteiger partial charge in [-0.3, -0.25) is 10.3 Å². The molecule has 0 fully saturated rings. The van der Waals surface area contributed by atoms with E-state index in [1.807, 2.05) is 32.3 Å². The fraction of sp³-hybridized carbons (Fsp3) is 0.413. The molecule has 11 nitrogen and oxygen atoms in total.